The quantitative estimate of drug-likeness (QED) is 0.919. The third-order valence-corrected chi connectivity index (χ3v) is 4.17. The number of hydrogen-bond donors (Lipinski definition) is 1. The molecule has 0 aliphatic heterocycles. The minimum absolute atomic E-state index is 0.146. The van der Waals surface area contributed by atoms with E-state index in [4.69, 9.17) is 10.5 Å². The molecule has 2 aromatic rings. The zero-order valence-electron chi connectivity index (χ0n) is 11.9. The second-order valence-corrected chi connectivity index (χ2v) is 6.41. The van der Waals surface area contributed by atoms with Crippen LogP contribution in [0, 0.1) is 22.7 Å². The Balaban J connectivity index is 2.09. The van der Waals surface area contributed by atoms with Crippen molar-refractivity contribution < 1.29 is 13.2 Å². The molecule has 1 N–H and O–H groups in total. The van der Waals surface area contributed by atoms with E-state index in [9.17, 15) is 13.2 Å². The van der Waals surface area contributed by atoms with Crippen molar-refractivity contribution in [3.63, 3.8) is 0 Å². The molecular weight excluding hydrogens is 314 g/mol. The van der Waals surface area contributed by atoms with Crippen molar-refractivity contribution >= 4 is 15.9 Å². The normalized spacial score (nSPS) is 10.3. The Morgan fingerprint density at radius 3 is 1.87 bits per heavy atom. The number of amides is 1. The van der Waals surface area contributed by atoms with E-state index in [1.165, 1.54) is 48.5 Å². The first-order valence-electron chi connectivity index (χ1n) is 6.47. The monoisotopic (exact) mass is 325 g/mol. The van der Waals surface area contributed by atoms with Gasteiger partial charge in [-0.3, -0.25) is 4.79 Å². The van der Waals surface area contributed by atoms with Gasteiger partial charge in [-0.1, -0.05) is 12.1 Å². The predicted octanol–water partition coefficient (Wildman–Crippen LogP) is 1.69. The molecule has 0 unspecified atom stereocenters. The molecule has 1 amide bonds. The summed E-state index contributed by atoms with van der Waals surface area (Å²) < 4.78 is 26.0. The van der Waals surface area contributed by atoms with Gasteiger partial charge in [0.1, 0.15) is 0 Å². The third-order valence-electron chi connectivity index (χ3n) is 2.96. The second-order valence-electron chi connectivity index (χ2n) is 4.69. The Morgan fingerprint density at radius 1 is 0.913 bits per heavy atom. The smallest absolute Gasteiger partial charge is 0.264 e. The molecule has 2 rings (SSSR count). The van der Waals surface area contributed by atoms with Crippen LogP contribution in [0.3, 0.4) is 0 Å². The topological polar surface area (TPSA) is 111 Å². The van der Waals surface area contributed by atoms with Gasteiger partial charge < -0.3 is 0 Å². The Morgan fingerprint density at radius 2 is 1.39 bits per heavy atom. The summed E-state index contributed by atoms with van der Waals surface area (Å²) in [7, 11) is -3.86. The van der Waals surface area contributed by atoms with Crippen LogP contribution < -0.4 is 4.72 Å². The van der Waals surface area contributed by atoms with E-state index in [0.29, 0.717) is 16.7 Å². The van der Waals surface area contributed by atoms with E-state index >= 15 is 0 Å². The maximum absolute atomic E-state index is 12.0. The number of benzene rings is 2. The summed E-state index contributed by atoms with van der Waals surface area (Å²) in [4.78, 5) is 11.9. The summed E-state index contributed by atoms with van der Waals surface area (Å²) in [5.41, 5.74) is 1.41. The van der Waals surface area contributed by atoms with Crippen LogP contribution in [-0.4, -0.2) is 14.3 Å². The molecule has 0 atom stereocenters. The lowest BCUT2D eigenvalue weighted by Gasteiger charge is -2.07. The van der Waals surface area contributed by atoms with Crippen LogP contribution in [0.25, 0.3) is 0 Å². The molecule has 0 radical (unpaired) electrons. The van der Waals surface area contributed by atoms with Crippen molar-refractivity contribution in [3.8, 4) is 12.1 Å². The predicted molar refractivity (Wildman–Crippen MR) is 82.4 cm³/mol. The second kappa shape index (κ2) is 6.73. The van der Waals surface area contributed by atoms with E-state index < -0.39 is 15.9 Å². The van der Waals surface area contributed by atoms with Gasteiger partial charge in [0.15, 0.2) is 0 Å². The fraction of sp³-hybridized carbons (Fsp3) is 0.0625. The average molecular weight is 325 g/mol. The van der Waals surface area contributed by atoms with Crippen LogP contribution in [0.2, 0.25) is 0 Å². The highest BCUT2D eigenvalue weighted by atomic mass is 32.2. The van der Waals surface area contributed by atoms with Crippen molar-refractivity contribution in [1.29, 1.82) is 10.5 Å². The van der Waals surface area contributed by atoms with Crippen LogP contribution in [-0.2, 0) is 15.8 Å². The van der Waals surface area contributed by atoms with Gasteiger partial charge in [0.25, 0.3) is 5.91 Å². The van der Waals surface area contributed by atoms with Crippen LogP contribution in [0.4, 0.5) is 0 Å². The highest BCUT2D eigenvalue weighted by Crippen LogP contribution is 2.09. The van der Waals surface area contributed by atoms with Gasteiger partial charge in [-0.15, -0.1) is 0 Å². The van der Waals surface area contributed by atoms with Crippen LogP contribution >= 0.6 is 0 Å². The molecule has 0 bridgehead atoms. The molecule has 0 heterocycles. The summed E-state index contributed by atoms with van der Waals surface area (Å²) >= 11 is 0. The molecule has 23 heavy (non-hydrogen) atoms. The van der Waals surface area contributed by atoms with E-state index in [1.54, 1.807) is 0 Å². The molecule has 2 aromatic carbocycles. The van der Waals surface area contributed by atoms with Gasteiger partial charge in [0, 0.05) is 5.56 Å². The maximum atomic E-state index is 12.0. The lowest BCUT2D eigenvalue weighted by molar-refractivity contribution is 0.0981. The van der Waals surface area contributed by atoms with Gasteiger partial charge >= 0.3 is 0 Å². The van der Waals surface area contributed by atoms with Gasteiger partial charge in [0.2, 0.25) is 10.0 Å². The molecule has 0 saturated heterocycles. The fourth-order valence-corrected chi connectivity index (χ4v) is 2.93. The van der Waals surface area contributed by atoms with Crippen molar-refractivity contribution in [2.24, 2.45) is 0 Å². The third kappa shape index (κ3) is 4.40. The van der Waals surface area contributed by atoms with Crippen molar-refractivity contribution in [1.82, 2.24) is 4.72 Å². The fourth-order valence-electron chi connectivity index (χ4n) is 1.83. The molecule has 6 nitrogen and oxygen atoms in total. The zero-order valence-corrected chi connectivity index (χ0v) is 12.7. The molecular formula is C16H11N3O3S. The van der Waals surface area contributed by atoms with Gasteiger partial charge in [-0.05, 0) is 42.0 Å². The van der Waals surface area contributed by atoms with Crippen LogP contribution in [0.5, 0.6) is 0 Å². The van der Waals surface area contributed by atoms with Crippen LogP contribution in [0.15, 0.2) is 48.5 Å². The average Bonchev–Trinajstić information content (AvgIpc) is 2.54. The molecule has 0 fully saturated rings. The largest absolute Gasteiger partial charge is 0.268 e. The number of carbonyl (C=O) groups excluding carboxylic acids is 1. The number of carbonyl (C=O) groups is 1. The van der Waals surface area contributed by atoms with Gasteiger partial charge in [0.05, 0.1) is 29.0 Å². The lowest BCUT2D eigenvalue weighted by Crippen LogP contribution is -2.31. The summed E-state index contributed by atoms with van der Waals surface area (Å²) in [6, 6.07) is 15.5. The van der Waals surface area contributed by atoms with E-state index in [2.05, 4.69) is 0 Å². The summed E-state index contributed by atoms with van der Waals surface area (Å²) in [5.74, 6) is -1.14. The van der Waals surface area contributed by atoms with E-state index in [1.807, 2.05) is 16.9 Å². The molecule has 114 valence electrons. The molecule has 0 spiro atoms. The lowest BCUT2D eigenvalue weighted by atomic mass is 10.1. The first-order valence-corrected chi connectivity index (χ1v) is 8.13. The minimum Gasteiger partial charge on any atom is -0.268 e. The zero-order chi connectivity index (χ0) is 16.9. The standard InChI is InChI=1S/C16H11N3O3S/c17-9-12-1-3-14(4-2-12)11-23(21,22)19-16(20)15-7-5-13(10-18)6-8-15/h1-8H,11H2,(H,19,20). The summed E-state index contributed by atoms with van der Waals surface area (Å²) in [6.45, 7) is 0. The van der Waals surface area contributed by atoms with Crippen LogP contribution in [0.1, 0.15) is 27.0 Å². The van der Waals surface area contributed by atoms with Crippen molar-refractivity contribution in [2.75, 3.05) is 0 Å². The highest BCUT2D eigenvalue weighted by molar-refractivity contribution is 7.89. The summed E-state index contributed by atoms with van der Waals surface area (Å²) in [5, 5.41) is 17.4. The minimum atomic E-state index is -3.86. The molecule has 0 aliphatic carbocycles. The Bertz CT molecular complexity index is 903. The molecule has 0 aliphatic rings. The Labute approximate surface area is 133 Å². The van der Waals surface area contributed by atoms with Crippen molar-refractivity contribution in [3.05, 3.63) is 70.8 Å². The first kappa shape index (κ1) is 16.2. The number of hydrogen-bond acceptors (Lipinski definition) is 5. The maximum Gasteiger partial charge on any atom is 0.264 e. The molecule has 0 saturated carbocycles. The first-order chi connectivity index (χ1) is 10.9. The van der Waals surface area contributed by atoms with Gasteiger partial charge in [-0.25, -0.2) is 13.1 Å². The van der Waals surface area contributed by atoms with Crippen molar-refractivity contribution in [2.45, 2.75) is 5.75 Å². The summed E-state index contributed by atoms with van der Waals surface area (Å²) in [6.07, 6.45) is 0. The van der Waals surface area contributed by atoms with Gasteiger partial charge in [-0.2, -0.15) is 10.5 Å². The number of nitrogens with zero attached hydrogens (tertiary/aromatic N) is 2. The highest BCUT2D eigenvalue weighted by Gasteiger charge is 2.16. The number of sulfonamides is 1. The Hall–Kier alpha value is -3.16. The molecule has 0 aromatic heterocycles. The Kier molecular flexibility index (Phi) is 4.75. The molecule has 7 heteroatoms. The number of nitrogens with one attached hydrogen (secondary N) is 1. The SMILES string of the molecule is N#Cc1ccc(CS(=O)(=O)NC(=O)c2ccc(C#N)cc2)cc1. The number of nitriles is 2. The number of rotatable bonds is 4. The van der Waals surface area contributed by atoms with E-state index in [-0.39, 0.29) is 11.3 Å². The van der Waals surface area contributed by atoms with E-state index in [0.717, 1.165) is 0 Å².